The molecule has 0 aromatic rings. The molecule has 57 heavy (non-hydrogen) atoms. The Bertz CT molecular complexity index is 1270. The quantitative estimate of drug-likeness (QED) is 0.0205. The molecule has 0 rings (SSSR count). The summed E-state index contributed by atoms with van der Waals surface area (Å²) in [5.74, 6) is -1.12. The fourth-order valence-electron chi connectivity index (χ4n) is 5.35. The van der Waals surface area contributed by atoms with Crippen LogP contribution in [0, 0.1) is 0 Å². The molecule has 0 aromatic heterocycles. The molecule has 0 saturated heterocycles. The van der Waals surface area contributed by atoms with Gasteiger partial charge in [-0.3, -0.25) is 14.4 Å². The van der Waals surface area contributed by atoms with E-state index in [2.05, 4.69) is 75.5 Å². The summed E-state index contributed by atoms with van der Waals surface area (Å²) in [6, 6.07) is 0. The van der Waals surface area contributed by atoms with Crippen molar-refractivity contribution in [1.29, 1.82) is 0 Å². The lowest BCUT2D eigenvalue weighted by molar-refractivity contribution is -0.166. The van der Waals surface area contributed by atoms with Crippen molar-refractivity contribution >= 4 is 17.9 Å². The summed E-state index contributed by atoms with van der Waals surface area (Å²) >= 11 is 0. The Balaban J connectivity index is 4.64. The van der Waals surface area contributed by atoms with Crippen LogP contribution in [0.5, 0.6) is 0 Å². The summed E-state index contributed by atoms with van der Waals surface area (Å²) in [7, 11) is 0. The van der Waals surface area contributed by atoms with E-state index in [0.717, 1.165) is 70.6 Å². The molecule has 0 heterocycles. The number of carbonyl (C=O) groups excluding carboxylic acids is 3. The fraction of sp³-hybridized carbons (Fsp3) is 0.549. The largest absolute Gasteiger partial charge is 0.462 e. The molecule has 6 heteroatoms. The molecule has 0 aliphatic carbocycles. The lowest BCUT2D eigenvalue weighted by atomic mass is 10.1. The van der Waals surface area contributed by atoms with Gasteiger partial charge in [0.15, 0.2) is 6.10 Å². The van der Waals surface area contributed by atoms with E-state index in [9.17, 15) is 14.4 Å². The lowest BCUT2D eigenvalue weighted by Crippen LogP contribution is -2.30. The zero-order chi connectivity index (χ0) is 41.5. The minimum atomic E-state index is -0.841. The van der Waals surface area contributed by atoms with Crippen LogP contribution < -0.4 is 0 Å². The first-order valence-electron chi connectivity index (χ1n) is 22.1. The highest BCUT2D eigenvalue weighted by atomic mass is 16.6. The molecule has 0 saturated carbocycles. The molecule has 1 atom stereocenters. The van der Waals surface area contributed by atoms with E-state index in [1.165, 1.54) is 38.5 Å². The van der Waals surface area contributed by atoms with Gasteiger partial charge in [0.1, 0.15) is 13.2 Å². The Morgan fingerprint density at radius 2 is 0.807 bits per heavy atom. The zero-order valence-corrected chi connectivity index (χ0v) is 36.0. The van der Waals surface area contributed by atoms with Gasteiger partial charge in [0.05, 0.1) is 0 Å². The van der Waals surface area contributed by atoms with Crippen molar-refractivity contribution in [3.63, 3.8) is 0 Å². The maximum absolute atomic E-state index is 12.7. The highest BCUT2D eigenvalue weighted by Crippen LogP contribution is 2.11. The number of carbonyl (C=O) groups is 3. The molecule has 0 fully saturated rings. The van der Waals surface area contributed by atoms with Gasteiger partial charge in [0, 0.05) is 19.3 Å². The number of allylic oxidation sites excluding steroid dienone is 20. The van der Waals surface area contributed by atoms with Crippen molar-refractivity contribution in [2.45, 2.75) is 168 Å². The first kappa shape index (κ1) is 52.8. The third-order valence-corrected chi connectivity index (χ3v) is 8.63. The Labute approximate surface area is 348 Å². The fourth-order valence-corrected chi connectivity index (χ4v) is 5.35. The van der Waals surface area contributed by atoms with Gasteiger partial charge in [-0.1, -0.05) is 194 Å². The van der Waals surface area contributed by atoms with Crippen LogP contribution in [-0.2, 0) is 28.6 Å². The molecule has 0 radical (unpaired) electrons. The standard InChI is InChI=1S/C51H78O6/c1-4-7-10-13-16-19-22-25-28-31-34-37-40-43-49(52)55-46-48(57-51(54)45-42-39-36-33-30-27-24-21-18-15-12-9-6-3)47-56-50(53)44-41-38-35-32-29-26-23-20-17-14-11-8-5-2/h7,9-10,12-13,15-16,18-19,21-22,24-26,28-29,31,34-35,38,48H,4-6,8,11,14,17,20,23,27,30,32-33,36-37,39-47H2,1-3H3/b10-7-,12-9-,16-13-,18-15-,22-19-,24-21-,28-25-,29-26-,34-31-,38-35-. The van der Waals surface area contributed by atoms with E-state index in [0.29, 0.717) is 12.8 Å². The van der Waals surface area contributed by atoms with Crippen LogP contribution in [0.2, 0.25) is 0 Å². The molecule has 0 amide bonds. The number of hydrogen-bond acceptors (Lipinski definition) is 6. The summed E-state index contributed by atoms with van der Waals surface area (Å²) in [6.45, 7) is 6.17. The molecule has 0 aromatic carbocycles. The number of unbranched alkanes of at least 4 members (excludes halogenated alkanes) is 12. The second kappa shape index (κ2) is 44.5. The number of ether oxygens (including phenoxy) is 3. The Hall–Kier alpha value is -4.19. The second-order valence-electron chi connectivity index (χ2n) is 14.0. The van der Waals surface area contributed by atoms with Crippen LogP contribution in [-0.4, -0.2) is 37.2 Å². The molecule has 0 spiro atoms. The van der Waals surface area contributed by atoms with Gasteiger partial charge in [-0.15, -0.1) is 0 Å². The van der Waals surface area contributed by atoms with Gasteiger partial charge >= 0.3 is 17.9 Å². The Kier molecular flexibility index (Phi) is 41.3. The topological polar surface area (TPSA) is 78.9 Å². The minimum absolute atomic E-state index is 0.144. The van der Waals surface area contributed by atoms with Crippen molar-refractivity contribution in [1.82, 2.24) is 0 Å². The molecule has 0 aliphatic rings. The second-order valence-corrected chi connectivity index (χ2v) is 14.0. The van der Waals surface area contributed by atoms with Crippen LogP contribution in [0.15, 0.2) is 122 Å². The molecular formula is C51H78O6. The summed E-state index contributed by atoms with van der Waals surface area (Å²) < 4.78 is 16.5. The third-order valence-electron chi connectivity index (χ3n) is 8.63. The Morgan fingerprint density at radius 3 is 1.37 bits per heavy atom. The van der Waals surface area contributed by atoms with Crippen LogP contribution in [0.1, 0.15) is 162 Å². The normalized spacial score (nSPS) is 13.2. The van der Waals surface area contributed by atoms with Gasteiger partial charge in [-0.05, 0) is 70.6 Å². The van der Waals surface area contributed by atoms with E-state index < -0.39 is 6.10 Å². The summed E-state index contributed by atoms with van der Waals surface area (Å²) in [5.41, 5.74) is 0. The highest BCUT2D eigenvalue weighted by molar-refractivity contribution is 5.71. The summed E-state index contributed by atoms with van der Waals surface area (Å²) in [6.07, 6.45) is 60.6. The molecule has 0 bridgehead atoms. The third kappa shape index (κ3) is 42.8. The maximum atomic E-state index is 12.7. The van der Waals surface area contributed by atoms with E-state index in [-0.39, 0.29) is 50.4 Å². The molecule has 1 unspecified atom stereocenters. The van der Waals surface area contributed by atoms with Crippen LogP contribution in [0.25, 0.3) is 0 Å². The maximum Gasteiger partial charge on any atom is 0.306 e. The lowest BCUT2D eigenvalue weighted by Gasteiger charge is -2.18. The first-order chi connectivity index (χ1) is 28.0. The SMILES string of the molecule is CC\C=C/C=C\C=C/C=C\C=C/CCCC(=O)OCC(COC(=O)CC/C=C\C/C=C\CCCCCCCC)OC(=O)CCCCCCC\C=C/C=C\C=C/CC. The van der Waals surface area contributed by atoms with Gasteiger partial charge in [-0.2, -0.15) is 0 Å². The van der Waals surface area contributed by atoms with Gasteiger partial charge in [-0.25, -0.2) is 0 Å². The van der Waals surface area contributed by atoms with Crippen LogP contribution in [0.3, 0.4) is 0 Å². The zero-order valence-electron chi connectivity index (χ0n) is 36.0. The van der Waals surface area contributed by atoms with E-state index in [1.807, 2.05) is 66.8 Å². The minimum Gasteiger partial charge on any atom is -0.462 e. The van der Waals surface area contributed by atoms with Gasteiger partial charge < -0.3 is 14.2 Å². The number of rotatable bonds is 37. The average molecular weight is 787 g/mol. The van der Waals surface area contributed by atoms with E-state index in [4.69, 9.17) is 14.2 Å². The predicted molar refractivity (Wildman–Crippen MR) is 242 cm³/mol. The molecule has 6 nitrogen and oxygen atoms in total. The van der Waals surface area contributed by atoms with Crippen LogP contribution in [0.4, 0.5) is 0 Å². The predicted octanol–water partition coefficient (Wildman–Crippen LogP) is 14.2. The summed E-state index contributed by atoms with van der Waals surface area (Å²) in [5, 5.41) is 0. The van der Waals surface area contributed by atoms with Crippen molar-refractivity contribution in [3.8, 4) is 0 Å². The van der Waals surface area contributed by atoms with Crippen molar-refractivity contribution in [2.75, 3.05) is 13.2 Å². The summed E-state index contributed by atoms with van der Waals surface area (Å²) in [4.78, 5) is 37.7. The molecular weight excluding hydrogens is 709 g/mol. The average Bonchev–Trinajstić information content (AvgIpc) is 3.21. The van der Waals surface area contributed by atoms with Crippen molar-refractivity contribution < 1.29 is 28.6 Å². The Morgan fingerprint density at radius 1 is 0.386 bits per heavy atom. The smallest absolute Gasteiger partial charge is 0.306 e. The van der Waals surface area contributed by atoms with E-state index in [1.54, 1.807) is 0 Å². The highest BCUT2D eigenvalue weighted by Gasteiger charge is 2.19. The van der Waals surface area contributed by atoms with E-state index >= 15 is 0 Å². The van der Waals surface area contributed by atoms with Gasteiger partial charge in [0.2, 0.25) is 0 Å². The first-order valence-corrected chi connectivity index (χ1v) is 22.1. The van der Waals surface area contributed by atoms with Crippen molar-refractivity contribution in [2.24, 2.45) is 0 Å². The molecule has 0 N–H and O–H groups in total. The monoisotopic (exact) mass is 787 g/mol. The van der Waals surface area contributed by atoms with Crippen LogP contribution >= 0.6 is 0 Å². The number of esters is 3. The number of hydrogen-bond donors (Lipinski definition) is 0. The van der Waals surface area contributed by atoms with Crippen molar-refractivity contribution in [3.05, 3.63) is 122 Å². The molecule has 318 valence electrons. The molecule has 0 aliphatic heterocycles. The van der Waals surface area contributed by atoms with Gasteiger partial charge in [0.25, 0.3) is 0 Å².